The van der Waals surface area contributed by atoms with E-state index in [4.69, 9.17) is 5.11 Å². The van der Waals surface area contributed by atoms with Crippen molar-refractivity contribution >= 4 is 33.7 Å². The minimum Gasteiger partial charge on any atom is -0.481 e. The molecular formula is C11H9BrFN3O3S. The van der Waals surface area contributed by atoms with Gasteiger partial charge in [-0.2, -0.15) is 0 Å². The Balaban J connectivity index is 2.50. The minimum atomic E-state index is -1.01. The molecule has 0 amide bonds. The first-order valence-electron chi connectivity index (χ1n) is 5.38. The first kappa shape index (κ1) is 14.9. The molecule has 0 atom stereocenters. The number of aliphatic hydroxyl groups excluding tert-OH is 1. The maximum Gasteiger partial charge on any atom is 0.313 e. The smallest absolute Gasteiger partial charge is 0.313 e. The SMILES string of the molecule is O=C(O)CSc1nnc(CO)n1-c1cc(F)ccc1Br. The van der Waals surface area contributed by atoms with E-state index in [0.717, 1.165) is 11.8 Å². The van der Waals surface area contributed by atoms with Gasteiger partial charge in [0.15, 0.2) is 11.0 Å². The molecule has 0 aliphatic rings. The lowest BCUT2D eigenvalue weighted by Crippen LogP contribution is -2.06. The van der Waals surface area contributed by atoms with Gasteiger partial charge >= 0.3 is 5.97 Å². The Labute approximate surface area is 125 Å². The number of hydrogen-bond acceptors (Lipinski definition) is 5. The van der Waals surface area contributed by atoms with Crippen molar-refractivity contribution in [2.75, 3.05) is 5.75 Å². The van der Waals surface area contributed by atoms with Gasteiger partial charge in [0, 0.05) is 4.47 Å². The summed E-state index contributed by atoms with van der Waals surface area (Å²) in [5, 5.41) is 25.8. The van der Waals surface area contributed by atoms with Crippen molar-refractivity contribution in [1.29, 1.82) is 0 Å². The highest BCUT2D eigenvalue weighted by Gasteiger charge is 2.17. The summed E-state index contributed by atoms with van der Waals surface area (Å²) in [6.07, 6.45) is 0. The number of benzene rings is 1. The zero-order valence-corrected chi connectivity index (χ0v) is 12.4. The number of hydrogen-bond donors (Lipinski definition) is 2. The maximum atomic E-state index is 13.4. The van der Waals surface area contributed by atoms with Crippen LogP contribution in [0.3, 0.4) is 0 Å². The second-order valence-corrected chi connectivity index (χ2v) is 5.47. The summed E-state index contributed by atoms with van der Waals surface area (Å²) >= 11 is 4.22. The number of aromatic nitrogens is 3. The molecule has 20 heavy (non-hydrogen) atoms. The van der Waals surface area contributed by atoms with Crippen LogP contribution in [-0.2, 0) is 11.4 Å². The average molecular weight is 362 g/mol. The van der Waals surface area contributed by atoms with E-state index in [1.165, 1.54) is 22.8 Å². The normalized spacial score (nSPS) is 10.8. The molecule has 0 bridgehead atoms. The molecule has 0 saturated heterocycles. The molecule has 1 aromatic heterocycles. The first-order valence-corrected chi connectivity index (χ1v) is 7.16. The van der Waals surface area contributed by atoms with E-state index in [1.807, 2.05) is 0 Å². The number of aliphatic hydroxyl groups is 1. The molecule has 0 aliphatic heterocycles. The lowest BCUT2D eigenvalue weighted by atomic mass is 10.3. The molecule has 0 fully saturated rings. The highest BCUT2D eigenvalue weighted by atomic mass is 79.9. The van der Waals surface area contributed by atoms with Crippen molar-refractivity contribution in [3.05, 3.63) is 34.3 Å². The highest BCUT2D eigenvalue weighted by molar-refractivity contribution is 9.10. The molecule has 2 rings (SSSR count). The number of nitrogens with zero attached hydrogens (tertiary/aromatic N) is 3. The van der Waals surface area contributed by atoms with Gasteiger partial charge in [-0.1, -0.05) is 11.8 Å². The number of carboxylic acid groups (broad SMARTS) is 1. The van der Waals surface area contributed by atoms with Crippen molar-refractivity contribution < 1.29 is 19.4 Å². The van der Waals surface area contributed by atoms with Gasteiger partial charge < -0.3 is 10.2 Å². The number of carbonyl (C=O) groups is 1. The lowest BCUT2D eigenvalue weighted by Gasteiger charge is -2.10. The standard InChI is InChI=1S/C11H9BrFN3O3S/c12-7-2-1-6(13)3-8(7)16-9(4-17)14-15-11(16)20-5-10(18)19/h1-3,17H,4-5H2,(H,18,19). The fourth-order valence-electron chi connectivity index (χ4n) is 1.52. The molecule has 0 unspecified atom stereocenters. The van der Waals surface area contributed by atoms with Crippen LogP contribution in [0.2, 0.25) is 0 Å². The molecule has 9 heteroatoms. The summed E-state index contributed by atoms with van der Waals surface area (Å²) in [4.78, 5) is 10.6. The lowest BCUT2D eigenvalue weighted by molar-refractivity contribution is -0.133. The molecule has 1 heterocycles. The van der Waals surface area contributed by atoms with Crippen LogP contribution in [0.5, 0.6) is 0 Å². The predicted octanol–water partition coefficient (Wildman–Crippen LogP) is 1.84. The van der Waals surface area contributed by atoms with Crippen molar-refractivity contribution in [1.82, 2.24) is 14.8 Å². The van der Waals surface area contributed by atoms with Crippen molar-refractivity contribution in [3.63, 3.8) is 0 Å². The minimum absolute atomic E-state index is 0.198. The van der Waals surface area contributed by atoms with Gasteiger partial charge in [0.05, 0.1) is 11.4 Å². The second-order valence-electron chi connectivity index (χ2n) is 3.67. The van der Waals surface area contributed by atoms with E-state index in [2.05, 4.69) is 26.1 Å². The highest BCUT2D eigenvalue weighted by Crippen LogP contribution is 2.28. The van der Waals surface area contributed by atoms with Crippen LogP contribution in [-0.4, -0.2) is 36.7 Å². The van der Waals surface area contributed by atoms with Crippen LogP contribution in [0.15, 0.2) is 27.8 Å². The van der Waals surface area contributed by atoms with Crippen molar-refractivity contribution in [2.45, 2.75) is 11.8 Å². The molecule has 106 valence electrons. The second kappa shape index (κ2) is 6.33. The number of carboxylic acids is 1. The number of rotatable bonds is 5. The van der Waals surface area contributed by atoms with Gasteiger partial charge in [0.2, 0.25) is 0 Å². The van der Waals surface area contributed by atoms with E-state index in [1.54, 1.807) is 0 Å². The van der Waals surface area contributed by atoms with Gasteiger partial charge in [0.1, 0.15) is 12.4 Å². The summed E-state index contributed by atoms with van der Waals surface area (Å²) in [5.41, 5.74) is 0.395. The first-order chi connectivity index (χ1) is 9.52. The predicted molar refractivity (Wildman–Crippen MR) is 73.3 cm³/mol. The third-order valence-corrected chi connectivity index (χ3v) is 3.90. The third kappa shape index (κ3) is 3.17. The summed E-state index contributed by atoms with van der Waals surface area (Å²) < 4.78 is 15.4. The van der Waals surface area contributed by atoms with Crippen LogP contribution in [0.25, 0.3) is 5.69 Å². The Bertz CT molecular complexity index is 650. The zero-order chi connectivity index (χ0) is 14.7. The zero-order valence-electron chi connectivity index (χ0n) is 9.95. The van der Waals surface area contributed by atoms with Gasteiger partial charge in [0.25, 0.3) is 0 Å². The summed E-state index contributed by atoms with van der Waals surface area (Å²) in [7, 11) is 0. The molecular weight excluding hydrogens is 353 g/mol. The molecule has 2 N–H and O–H groups in total. The fraction of sp³-hybridized carbons (Fsp3) is 0.182. The summed E-state index contributed by atoms with van der Waals surface area (Å²) in [5.74, 6) is -1.48. The molecule has 6 nitrogen and oxygen atoms in total. The van der Waals surface area contributed by atoms with Gasteiger partial charge in [-0.15, -0.1) is 10.2 Å². The van der Waals surface area contributed by atoms with E-state index in [0.29, 0.717) is 10.2 Å². The van der Waals surface area contributed by atoms with E-state index in [9.17, 15) is 14.3 Å². The molecule has 0 radical (unpaired) electrons. The Hall–Kier alpha value is -1.45. The fourth-order valence-corrected chi connectivity index (χ4v) is 2.63. The Morgan fingerprint density at radius 1 is 1.45 bits per heavy atom. The van der Waals surface area contributed by atoms with Crippen LogP contribution in [0, 0.1) is 5.82 Å². The number of aliphatic carboxylic acids is 1. The van der Waals surface area contributed by atoms with Crippen LogP contribution >= 0.6 is 27.7 Å². The molecule has 0 spiro atoms. The Morgan fingerprint density at radius 3 is 2.85 bits per heavy atom. The number of thioether (sulfide) groups is 1. The van der Waals surface area contributed by atoms with Gasteiger partial charge in [-0.05, 0) is 34.1 Å². The summed E-state index contributed by atoms with van der Waals surface area (Å²) in [6, 6.07) is 4.04. The van der Waals surface area contributed by atoms with Crippen LogP contribution in [0.4, 0.5) is 4.39 Å². The quantitative estimate of drug-likeness (QED) is 0.790. The van der Waals surface area contributed by atoms with E-state index in [-0.39, 0.29) is 16.7 Å². The third-order valence-electron chi connectivity index (χ3n) is 2.32. The monoisotopic (exact) mass is 361 g/mol. The van der Waals surface area contributed by atoms with Gasteiger partial charge in [-0.25, -0.2) is 4.39 Å². The van der Waals surface area contributed by atoms with Crippen molar-refractivity contribution in [2.24, 2.45) is 0 Å². The van der Waals surface area contributed by atoms with Crippen molar-refractivity contribution in [3.8, 4) is 5.69 Å². The Kier molecular flexibility index (Phi) is 4.73. The number of halogens is 2. The van der Waals surface area contributed by atoms with E-state index >= 15 is 0 Å². The molecule has 2 aromatic rings. The molecule has 0 aliphatic carbocycles. The molecule has 1 aromatic carbocycles. The van der Waals surface area contributed by atoms with Crippen LogP contribution in [0.1, 0.15) is 5.82 Å². The molecule has 0 saturated carbocycles. The topological polar surface area (TPSA) is 88.2 Å². The largest absolute Gasteiger partial charge is 0.481 e. The average Bonchev–Trinajstić information content (AvgIpc) is 2.82. The van der Waals surface area contributed by atoms with E-state index < -0.39 is 18.4 Å². The maximum absolute atomic E-state index is 13.4. The van der Waals surface area contributed by atoms with Gasteiger partial charge in [-0.3, -0.25) is 9.36 Å². The summed E-state index contributed by atoms with van der Waals surface area (Å²) in [6.45, 7) is -0.399. The van der Waals surface area contributed by atoms with Crippen LogP contribution < -0.4 is 0 Å². The Morgan fingerprint density at radius 2 is 2.20 bits per heavy atom.